The van der Waals surface area contributed by atoms with Crippen molar-refractivity contribution in [3.63, 3.8) is 0 Å². The molecule has 0 aliphatic heterocycles. The van der Waals surface area contributed by atoms with E-state index in [4.69, 9.17) is 5.11 Å². The number of aliphatic carboxylic acids is 1. The first kappa shape index (κ1) is 13.5. The number of hydrogen-bond acceptors (Lipinski definition) is 2. The molecule has 0 bridgehead atoms. The molecular weight excluding hydrogens is 220 g/mol. The molecule has 2 amide bonds. The summed E-state index contributed by atoms with van der Waals surface area (Å²) in [6.07, 6.45) is 5.62. The maximum absolute atomic E-state index is 11.6. The standard InChI is InChI=1S/C12H20N2O3/c1-12(2,3)9(10(15)16)14-11(17)13-8-6-4-5-7-8/h4-5,8-9H,6-7H2,1-3H3,(H,15,16)(H2,13,14,17)/t9-/m1/s1. The van der Waals surface area contributed by atoms with E-state index < -0.39 is 23.5 Å². The van der Waals surface area contributed by atoms with Crippen LogP contribution < -0.4 is 10.6 Å². The fourth-order valence-corrected chi connectivity index (χ4v) is 1.74. The van der Waals surface area contributed by atoms with Crippen molar-refractivity contribution in [3.05, 3.63) is 12.2 Å². The average Bonchev–Trinajstić information content (AvgIpc) is 2.64. The molecule has 1 atom stereocenters. The van der Waals surface area contributed by atoms with E-state index >= 15 is 0 Å². The number of carbonyl (C=O) groups is 2. The highest BCUT2D eigenvalue weighted by Gasteiger charge is 2.32. The second-order valence-corrected chi connectivity index (χ2v) is 5.39. The highest BCUT2D eigenvalue weighted by Crippen LogP contribution is 2.19. The van der Waals surface area contributed by atoms with Gasteiger partial charge in [0.15, 0.2) is 0 Å². The Morgan fingerprint density at radius 1 is 1.29 bits per heavy atom. The molecule has 1 rings (SSSR count). The smallest absolute Gasteiger partial charge is 0.326 e. The molecular formula is C12H20N2O3. The Hall–Kier alpha value is -1.52. The number of nitrogens with one attached hydrogen (secondary N) is 2. The van der Waals surface area contributed by atoms with Gasteiger partial charge < -0.3 is 15.7 Å². The summed E-state index contributed by atoms with van der Waals surface area (Å²) in [7, 11) is 0. The fourth-order valence-electron chi connectivity index (χ4n) is 1.74. The molecule has 96 valence electrons. The molecule has 0 fully saturated rings. The molecule has 0 aromatic rings. The maximum atomic E-state index is 11.6. The van der Waals surface area contributed by atoms with Gasteiger partial charge in [-0.25, -0.2) is 9.59 Å². The molecule has 0 radical (unpaired) electrons. The topological polar surface area (TPSA) is 78.4 Å². The van der Waals surface area contributed by atoms with Gasteiger partial charge >= 0.3 is 12.0 Å². The first-order chi connectivity index (χ1) is 7.80. The Bertz CT molecular complexity index is 323. The summed E-state index contributed by atoms with van der Waals surface area (Å²) in [5.41, 5.74) is -0.517. The van der Waals surface area contributed by atoms with Crippen molar-refractivity contribution in [2.45, 2.75) is 45.7 Å². The molecule has 0 spiro atoms. The van der Waals surface area contributed by atoms with Gasteiger partial charge in [0.1, 0.15) is 6.04 Å². The lowest BCUT2D eigenvalue weighted by molar-refractivity contribution is -0.141. The number of carboxylic acids is 1. The van der Waals surface area contributed by atoms with Crippen molar-refractivity contribution in [2.24, 2.45) is 5.41 Å². The number of urea groups is 1. The monoisotopic (exact) mass is 240 g/mol. The molecule has 17 heavy (non-hydrogen) atoms. The van der Waals surface area contributed by atoms with E-state index in [-0.39, 0.29) is 6.04 Å². The normalized spacial score (nSPS) is 17.8. The number of rotatable bonds is 3. The molecule has 0 unspecified atom stereocenters. The van der Waals surface area contributed by atoms with E-state index in [1.807, 2.05) is 12.2 Å². The van der Waals surface area contributed by atoms with Gasteiger partial charge in [0, 0.05) is 6.04 Å². The van der Waals surface area contributed by atoms with Crippen LogP contribution in [0.5, 0.6) is 0 Å². The van der Waals surface area contributed by atoms with E-state index in [9.17, 15) is 9.59 Å². The van der Waals surface area contributed by atoms with Crippen molar-refractivity contribution < 1.29 is 14.7 Å². The van der Waals surface area contributed by atoms with Crippen LogP contribution >= 0.6 is 0 Å². The second kappa shape index (κ2) is 5.21. The quantitative estimate of drug-likeness (QED) is 0.654. The minimum atomic E-state index is -1.02. The number of amides is 2. The van der Waals surface area contributed by atoms with Crippen LogP contribution in [0.25, 0.3) is 0 Å². The fraction of sp³-hybridized carbons (Fsp3) is 0.667. The zero-order chi connectivity index (χ0) is 13.1. The molecule has 0 saturated carbocycles. The van der Waals surface area contributed by atoms with E-state index in [1.54, 1.807) is 20.8 Å². The molecule has 0 aromatic carbocycles. The van der Waals surface area contributed by atoms with E-state index in [2.05, 4.69) is 10.6 Å². The first-order valence-corrected chi connectivity index (χ1v) is 5.75. The molecule has 0 aromatic heterocycles. The van der Waals surface area contributed by atoms with Gasteiger partial charge in [0.05, 0.1) is 0 Å². The zero-order valence-electron chi connectivity index (χ0n) is 10.5. The summed E-state index contributed by atoms with van der Waals surface area (Å²) in [5, 5.41) is 14.3. The third-order valence-corrected chi connectivity index (χ3v) is 2.73. The first-order valence-electron chi connectivity index (χ1n) is 5.75. The highest BCUT2D eigenvalue weighted by atomic mass is 16.4. The van der Waals surface area contributed by atoms with Gasteiger partial charge in [-0.2, -0.15) is 0 Å². The van der Waals surface area contributed by atoms with E-state index in [0.717, 1.165) is 12.8 Å². The van der Waals surface area contributed by atoms with Crippen LogP contribution in [0.2, 0.25) is 0 Å². The van der Waals surface area contributed by atoms with Gasteiger partial charge in [-0.05, 0) is 18.3 Å². The van der Waals surface area contributed by atoms with Crippen LogP contribution in [0.1, 0.15) is 33.6 Å². The van der Waals surface area contributed by atoms with Crippen molar-refractivity contribution in [3.8, 4) is 0 Å². The van der Waals surface area contributed by atoms with Gasteiger partial charge in [0.25, 0.3) is 0 Å². The third kappa shape index (κ3) is 4.09. The summed E-state index contributed by atoms with van der Waals surface area (Å²) < 4.78 is 0. The second-order valence-electron chi connectivity index (χ2n) is 5.39. The van der Waals surface area contributed by atoms with Crippen LogP contribution in [-0.2, 0) is 4.79 Å². The number of hydrogen-bond donors (Lipinski definition) is 3. The number of carbonyl (C=O) groups excluding carboxylic acids is 1. The summed E-state index contributed by atoms with van der Waals surface area (Å²) in [6.45, 7) is 5.34. The maximum Gasteiger partial charge on any atom is 0.326 e. The van der Waals surface area contributed by atoms with Crippen LogP contribution in [-0.4, -0.2) is 29.2 Å². The molecule has 1 aliphatic rings. The largest absolute Gasteiger partial charge is 0.480 e. The predicted octanol–water partition coefficient (Wildman–Crippen LogP) is 1.50. The Labute approximate surface area is 101 Å². The summed E-state index contributed by atoms with van der Waals surface area (Å²) >= 11 is 0. The number of carboxylic acid groups (broad SMARTS) is 1. The van der Waals surface area contributed by atoms with Crippen molar-refractivity contribution in [2.75, 3.05) is 0 Å². The molecule has 5 nitrogen and oxygen atoms in total. The average molecular weight is 240 g/mol. The van der Waals surface area contributed by atoms with Gasteiger partial charge in [-0.3, -0.25) is 0 Å². The Morgan fingerprint density at radius 2 is 1.82 bits per heavy atom. The Kier molecular flexibility index (Phi) is 4.15. The Morgan fingerprint density at radius 3 is 2.24 bits per heavy atom. The van der Waals surface area contributed by atoms with Crippen molar-refractivity contribution >= 4 is 12.0 Å². The summed E-state index contributed by atoms with van der Waals surface area (Å²) in [6, 6.07) is -1.22. The molecule has 1 aliphatic carbocycles. The Balaban J connectivity index is 2.49. The summed E-state index contributed by atoms with van der Waals surface area (Å²) in [4.78, 5) is 22.7. The van der Waals surface area contributed by atoms with Gasteiger partial charge in [0.2, 0.25) is 0 Å². The van der Waals surface area contributed by atoms with Crippen LogP contribution in [0.15, 0.2) is 12.2 Å². The lowest BCUT2D eigenvalue weighted by atomic mass is 9.87. The summed E-state index contributed by atoms with van der Waals surface area (Å²) in [5.74, 6) is -1.02. The zero-order valence-corrected chi connectivity index (χ0v) is 10.5. The van der Waals surface area contributed by atoms with Crippen molar-refractivity contribution in [1.29, 1.82) is 0 Å². The lowest BCUT2D eigenvalue weighted by Gasteiger charge is -2.28. The third-order valence-electron chi connectivity index (χ3n) is 2.73. The minimum absolute atomic E-state index is 0.0874. The van der Waals surface area contributed by atoms with Crippen molar-refractivity contribution in [1.82, 2.24) is 10.6 Å². The van der Waals surface area contributed by atoms with Crippen LogP contribution in [0.4, 0.5) is 4.79 Å². The molecule has 5 heteroatoms. The molecule has 0 heterocycles. The van der Waals surface area contributed by atoms with E-state index in [0.29, 0.717) is 0 Å². The van der Waals surface area contributed by atoms with Gasteiger partial charge in [-0.1, -0.05) is 32.9 Å². The molecule has 3 N–H and O–H groups in total. The lowest BCUT2D eigenvalue weighted by Crippen LogP contribution is -2.53. The van der Waals surface area contributed by atoms with E-state index in [1.165, 1.54) is 0 Å². The van der Waals surface area contributed by atoms with Gasteiger partial charge in [-0.15, -0.1) is 0 Å². The SMILES string of the molecule is CC(C)(C)[C@H](NC(=O)NC1CC=CC1)C(=O)O. The van der Waals surface area contributed by atoms with Crippen LogP contribution in [0.3, 0.4) is 0 Å². The van der Waals surface area contributed by atoms with Crippen LogP contribution in [0, 0.1) is 5.41 Å². The molecule has 0 saturated heterocycles. The minimum Gasteiger partial charge on any atom is -0.480 e. The predicted molar refractivity (Wildman–Crippen MR) is 64.7 cm³/mol. The highest BCUT2D eigenvalue weighted by molar-refractivity contribution is 5.83.